The third-order valence-electron chi connectivity index (χ3n) is 12.4. The predicted molar refractivity (Wildman–Crippen MR) is 242 cm³/mol. The second-order valence-electron chi connectivity index (χ2n) is 17.2. The van der Waals surface area contributed by atoms with Crippen LogP contribution < -0.4 is 15.8 Å². The van der Waals surface area contributed by atoms with Crippen LogP contribution in [-0.4, -0.2) is 73.3 Å². The summed E-state index contributed by atoms with van der Waals surface area (Å²) < 4.78 is 42.7. The maximum atomic E-state index is 14.4. The fraction of sp³-hybridized carbons (Fsp3) is 0.681. The lowest BCUT2D eigenvalue weighted by molar-refractivity contribution is -0.137. The number of carbonyl (C=O) groups is 2. The van der Waals surface area contributed by atoms with Gasteiger partial charge in [-0.25, -0.2) is 0 Å². The number of hydrogen-bond donors (Lipinski definition) is 2. The molecule has 3 aromatic rings. The highest BCUT2D eigenvalue weighted by Crippen LogP contribution is 2.34. The number of halogens is 4. The maximum Gasteiger partial charge on any atom is 0.416 e. The molecule has 2 aromatic heterocycles. The zero-order valence-corrected chi connectivity index (χ0v) is 37.8. The minimum Gasteiger partial charge on any atom is -0.393 e. The van der Waals surface area contributed by atoms with E-state index in [9.17, 15) is 32.7 Å². The molecular weight excluding hydrogens is 819 g/mol. The average Bonchev–Trinajstić information content (AvgIpc) is 3.52. The number of aliphatic hydroxyl groups excluding tert-OH is 1. The van der Waals surface area contributed by atoms with E-state index in [-0.39, 0.29) is 40.9 Å². The van der Waals surface area contributed by atoms with Crippen molar-refractivity contribution in [2.75, 3.05) is 36.4 Å². The Morgan fingerprint density at radius 2 is 1.50 bits per heavy atom. The minimum absolute atomic E-state index is 0.0199. The Balaban J connectivity index is 1.17. The van der Waals surface area contributed by atoms with Crippen LogP contribution in [0, 0.1) is 0 Å². The van der Waals surface area contributed by atoms with E-state index in [0.717, 1.165) is 75.1 Å². The van der Waals surface area contributed by atoms with Gasteiger partial charge in [-0.2, -0.15) is 22.7 Å². The normalized spacial score (nSPS) is 15.5. The lowest BCUT2D eigenvalue weighted by atomic mass is 10.0. The Hall–Kier alpha value is -3.91. The number of rotatable bonds is 24. The number of allylic oxidation sites excluding steroid dienone is 2. The summed E-state index contributed by atoms with van der Waals surface area (Å²) >= 11 is 6.18. The van der Waals surface area contributed by atoms with Crippen LogP contribution in [0.1, 0.15) is 172 Å². The first-order valence-electron chi connectivity index (χ1n) is 23.5. The van der Waals surface area contributed by atoms with E-state index in [2.05, 4.69) is 23.4 Å². The Bertz CT molecular complexity index is 1990. The van der Waals surface area contributed by atoms with Crippen LogP contribution in [0.25, 0.3) is 11.4 Å². The van der Waals surface area contributed by atoms with Gasteiger partial charge in [0.1, 0.15) is 12.2 Å². The van der Waals surface area contributed by atoms with Crippen molar-refractivity contribution in [3.63, 3.8) is 0 Å². The second kappa shape index (κ2) is 24.8. The Labute approximate surface area is 370 Å². The van der Waals surface area contributed by atoms with Gasteiger partial charge in [-0.05, 0) is 62.3 Å². The monoisotopic (exact) mass is 888 g/mol. The van der Waals surface area contributed by atoms with Crippen molar-refractivity contribution in [1.29, 1.82) is 0 Å². The van der Waals surface area contributed by atoms with Gasteiger partial charge in [0.15, 0.2) is 5.82 Å². The quantitative estimate of drug-likeness (QED) is 0.0858. The van der Waals surface area contributed by atoms with Crippen LogP contribution in [0.15, 0.2) is 29.1 Å². The van der Waals surface area contributed by atoms with Gasteiger partial charge >= 0.3 is 6.18 Å². The molecule has 1 saturated heterocycles. The number of hydrogen-bond acceptors (Lipinski definition) is 7. The van der Waals surface area contributed by atoms with Gasteiger partial charge in [0, 0.05) is 26.2 Å². The maximum absolute atomic E-state index is 14.4. The first kappa shape index (κ1) is 49.1. The number of nitrogens with one attached hydrogen (secondary N) is 1. The van der Waals surface area contributed by atoms with Crippen LogP contribution in [0.2, 0.25) is 5.02 Å². The van der Waals surface area contributed by atoms with Gasteiger partial charge in [0.05, 0.1) is 34.5 Å². The van der Waals surface area contributed by atoms with E-state index in [0.29, 0.717) is 56.2 Å². The van der Waals surface area contributed by atoms with Crippen molar-refractivity contribution >= 4 is 46.1 Å². The highest BCUT2D eigenvalue weighted by atomic mass is 35.5. The summed E-state index contributed by atoms with van der Waals surface area (Å²) in [4.78, 5) is 49.8. The van der Waals surface area contributed by atoms with Gasteiger partial charge in [-0.15, -0.1) is 5.10 Å². The van der Waals surface area contributed by atoms with E-state index < -0.39 is 23.8 Å². The third kappa shape index (κ3) is 14.3. The molecule has 2 amide bonds. The highest BCUT2D eigenvalue weighted by Gasteiger charge is 2.32. The second-order valence-corrected chi connectivity index (χ2v) is 17.6. The molecule has 2 aliphatic rings. The van der Waals surface area contributed by atoms with Crippen molar-refractivity contribution < 1.29 is 27.9 Å². The molecule has 0 bridgehead atoms. The number of unbranched alkanes of at least 4 members (excludes halogenated alkanes) is 14. The number of carbonyl (C=O) groups excluding carboxylic acids is 2. The SMILES string of the molecule is CCCCCCCCCCCCCCCCCC(O)CC(=O)N1CCN(c2c(CC)n(CC(=O)Nc3ccc(C(F)(F)F)cc3Cl)c3nc(C4=CCCCCC4)nn3c2=O)CC1. The molecule has 62 heavy (non-hydrogen) atoms. The average molecular weight is 889 g/mol. The number of alkyl halides is 3. The number of benzene rings is 1. The molecule has 1 atom stereocenters. The van der Waals surface area contributed by atoms with Crippen LogP contribution in [0.5, 0.6) is 0 Å². The fourth-order valence-corrected chi connectivity index (χ4v) is 9.00. The predicted octanol–water partition coefficient (Wildman–Crippen LogP) is 10.8. The highest BCUT2D eigenvalue weighted by molar-refractivity contribution is 6.33. The van der Waals surface area contributed by atoms with E-state index in [1.54, 1.807) is 9.47 Å². The van der Waals surface area contributed by atoms with E-state index in [1.165, 1.54) is 81.6 Å². The van der Waals surface area contributed by atoms with Gasteiger partial charge < -0.3 is 24.8 Å². The molecule has 1 unspecified atom stereocenters. The number of piperazine rings is 1. The standard InChI is InChI=1S/C47H69ClF3N7O4/c1-3-5-6-7-8-9-10-11-12-13-14-15-16-17-22-25-37(59)33-42(61)55-28-30-56(31-29-55)43-40(4-2)57(34-41(60)52-39-27-26-36(32-38(39)48)47(49,50)51)46-53-44(54-58(46)45(43)62)35-23-20-18-19-21-24-35/h23,26-27,32,37,59H,3-22,24-25,28-31,33-34H2,1-2H3,(H,52,60). The summed E-state index contributed by atoms with van der Waals surface area (Å²) in [5, 5.41) is 17.8. The third-order valence-corrected chi connectivity index (χ3v) is 12.7. The number of aliphatic hydroxyl groups is 1. The number of amides is 2. The van der Waals surface area contributed by atoms with Crippen LogP contribution >= 0.6 is 11.6 Å². The van der Waals surface area contributed by atoms with E-state index in [1.807, 2.05) is 11.8 Å². The zero-order valence-electron chi connectivity index (χ0n) is 37.1. The molecule has 344 valence electrons. The largest absolute Gasteiger partial charge is 0.416 e. The lowest BCUT2D eigenvalue weighted by Crippen LogP contribution is -2.51. The van der Waals surface area contributed by atoms with Gasteiger partial charge in [-0.3, -0.25) is 14.4 Å². The summed E-state index contributed by atoms with van der Waals surface area (Å²) in [6.07, 6.45) is 21.6. The number of aromatic nitrogens is 4. The molecule has 1 aromatic carbocycles. The summed E-state index contributed by atoms with van der Waals surface area (Å²) in [6, 6.07) is 2.74. The molecule has 11 nitrogen and oxygen atoms in total. The van der Waals surface area contributed by atoms with Crippen LogP contribution in [0.4, 0.5) is 24.5 Å². The summed E-state index contributed by atoms with van der Waals surface area (Å²) in [6.45, 7) is 5.24. The molecule has 0 spiro atoms. The zero-order chi connectivity index (χ0) is 44.5. The number of fused-ring (bicyclic) bond motifs is 1. The van der Waals surface area contributed by atoms with Crippen LogP contribution in [0.3, 0.4) is 0 Å². The summed E-state index contributed by atoms with van der Waals surface area (Å²) in [7, 11) is 0. The molecule has 1 fully saturated rings. The van der Waals surface area contributed by atoms with Crippen molar-refractivity contribution in [3.8, 4) is 0 Å². The molecule has 3 heterocycles. The van der Waals surface area contributed by atoms with Crippen molar-refractivity contribution in [2.24, 2.45) is 0 Å². The van der Waals surface area contributed by atoms with Crippen molar-refractivity contribution in [2.45, 2.75) is 180 Å². The molecule has 0 saturated carbocycles. The Morgan fingerprint density at radius 3 is 2.10 bits per heavy atom. The topological polar surface area (TPSA) is 125 Å². The van der Waals surface area contributed by atoms with Gasteiger partial charge in [0.2, 0.25) is 17.6 Å². The summed E-state index contributed by atoms with van der Waals surface area (Å²) in [5.41, 5.74) is 0.539. The first-order valence-corrected chi connectivity index (χ1v) is 23.9. The Morgan fingerprint density at radius 1 is 0.871 bits per heavy atom. The fourth-order valence-electron chi connectivity index (χ4n) is 8.77. The molecular formula is C47H69ClF3N7O4. The van der Waals surface area contributed by atoms with Crippen LogP contribution in [-0.2, 0) is 28.7 Å². The van der Waals surface area contributed by atoms with Gasteiger partial charge in [-0.1, -0.05) is 134 Å². The lowest BCUT2D eigenvalue weighted by Gasteiger charge is -2.37. The first-order chi connectivity index (χ1) is 29.9. The van der Waals surface area contributed by atoms with E-state index in [4.69, 9.17) is 16.6 Å². The smallest absolute Gasteiger partial charge is 0.393 e. The Kier molecular flexibility index (Phi) is 19.6. The molecule has 2 N–H and O–H groups in total. The molecule has 5 rings (SSSR count). The molecule has 0 radical (unpaired) electrons. The van der Waals surface area contributed by atoms with E-state index >= 15 is 0 Å². The van der Waals surface area contributed by atoms with Crippen molar-refractivity contribution in [1.82, 2.24) is 24.1 Å². The molecule has 15 heteroatoms. The number of nitrogens with zero attached hydrogens (tertiary/aromatic N) is 6. The number of anilines is 2. The molecule has 1 aliphatic heterocycles. The van der Waals surface area contributed by atoms with Gasteiger partial charge in [0.25, 0.3) is 5.56 Å². The molecule has 1 aliphatic carbocycles. The van der Waals surface area contributed by atoms with Crippen molar-refractivity contribution in [3.05, 3.63) is 56.7 Å². The minimum atomic E-state index is -4.59. The summed E-state index contributed by atoms with van der Waals surface area (Å²) in [5.74, 6) is -0.0879.